The fourth-order valence-corrected chi connectivity index (χ4v) is 1.23. The highest BCUT2D eigenvalue weighted by molar-refractivity contribution is 5.90. The molecule has 1 aromatic rings. The molecule has 0 spiro atoms. The molecule has 0 aliphatic carbocycles. The Kier molecular flexibility index (Phi) is 4.22. The minimum Gasteiger partial charge on any atom is -0.488 e. The third-order valence-electron chi connectivity index (χ3n) is 1.85. The number of aryl methyl sites for hydroxylation is 1. The Hall–Kier alpha value is -1.65. The Morgan fingerprint density at radius 3 is 2.62 bits per heavy atom. The average molecular weight is 230 g/mol. The standard InChI is InChI=1S/C11H12F2O3/c1-7-3-8(11(14)15-2)5-9(4-7)16-6-10(12)13/h3-5,10H,6H2,1-2H3. The normalized spacial score (nSPS) is 10.3. The number of carbonyl (C=O) groups is 1. The van der Waals surface area contributed by atoms with Gasteiger partial charge in [-0.3, -0.25) is 0 Å². The maximum absolute atomic E-state index is 11.9. The second-order valence-corrected chi connectivity index (χ2v) is 3.23. The number of alkyl halides is 2. The molecule has 1 aromatic carbocycles. The minimum atomic E-state index is -2.54. The Labute approximate surface area is 92.0 Å². The van der Waals surface area contributed by atoms with Crippen molar-refractivity contribution in [2.45, 2.75) is 13.3 Å². The number of carbonyl (C=O) groups excluding carboxylic acids is 1. The molecule has 5 heteroatoms. The van der Waals surface area contributed by atoms with E-state index < -0.39 is 19.0 Å². The van der Waals surface area contributed by atoms with Crippen LogP contribution in [0.25, 0.3) is 0 Å². The van der Waals surface area contributed by atoms with E-state index in [-0.39, 0.29) is 11.3 Å². The van der Waals surface area contributed by atoms with Crippen LogP contribution in [0.5, 0.6) is 5.75 Å². The van der Waals surface area contributed by atoms with E-state index in [1.54, 1.807) is 19.1 Å². The second kappa shape index (κ2) is 5.44. The lowest BCUT2D eigenvalue weighted by Gasteiger charge is -2.08. The summed E-state index contributed by atoms with van der Waals surface area (Å²) in [5.41, 5.74) is 1.03. The van der Waals surface area contributed by atoms with E-state index in [1.807, 2.05) is 0 Å². The third kappa shape index (κ3) is 3.49. The first kappa shape index (κ1) is 12.4. The summed E-state index contributed by atoms with van der Waals surface area (Å²) in [5.74, 6) is -0.286. The highest BCUT2D eigenvalue weighted by Gasteiger charge is 2.09. The van der Waals surface area contributed by atoms with E-state index >= 15 is 0 Å². The summed E-state index contributed by atoms with van der Waals surface area (Å²) < 4.78 is 33.2. The van der Waals surface area contributed by atoms with Crippen molar-refractivity contribution in [2.75, 3.05) is 13.7 Å². The lowest BCUT2D eigenvalue weighted by molar-refractivity contribution is 0.0599. The van der Waals surface area contributed by atoms with E-state index in [2.05, 4.69) is 4.74 Å². The Morgan fingerprint density at radius 2 is 2.06 bits per heavy atom. The smallest absolute Gasteiger partial charge is 0.337 e. The summed E-state index contributed by atoms with van der Waals surface area (Å²) in [7, 11) is 1.25. The molecule has 0 N–H and O–H groups in total. The van der Waals surface area contributed by atoms with Crippen molar-refractivity contribution in [2.24, 2.45) is 0 Å². The summed E-state index contributed by atoms with van der Waals surface area (Å²) in [5, 5.41) is 0. The molecular weight excluding hydrogens is 218 g/mol. The van der Waals surface area contributed by atoms with E-state index in [1.165, 1.54) is 13.2 Å². The molecule has 0 heterocycles. The highest BCUT2D eigenvalue weighted by atomic mass is 19.3. The van der Waals surface area contributed by atoms with Crippen LogP contribution in [0.2, 0.25) is 0 Å². The molecule has 0 saturated carbocycles. The van der Waals surface area contributed by atoms with Gasteiger partial charge in [0.25, 0.3) is 6.43 Å². The van der Waals surface area contributed by atoms with Crippen molar-refractivity contribution >= 4 is 5.97 Å². The van der Waals surface area contributed by atoms with Crippen LogP contribution >= 0.6 is 0 Å². The summed E-state index contributed by atoms with van der Waals surface area (Å²) in [4.78, 5) is 11.2. The number of hydrogen-bond acceptors (Lipinski definition) is 3. The van der Waals surface area contributed by atoms with Crippen LogP contribution in [-0.4, -0.2) is 26.1 Å². The summed E-state index contributed by atoms with van der Waals surface area (Å²) in [6, 6.07) is 4.55. The van der Waals surface area contributed by atoms with Gasteiger partial charge in [-0.2, -0.15) is 0 Å². The molecule has 0 aliphatic rings. The zero-order chi connectivity index (χ0) is 12.1. The number of hydrogen-bond donors (Lipinski definition) is 0. The van der Waals surface area contributed by atoms with Gasteiger partial charge >= 0.3 is 5.97 Å². The SMILES string of the molecule is COC(=O)c1cc(C)cc(OCC(F)F)c1. The first-order chi connectivity index (χ1) is 7.52. The molecule has 88 valence electrons. The number of esters is 1. The number of methoxy groups -OCH3 is 1. The van der Waals surface area contributed by atoms with Gasteiger partial charge in [-0.05, 0) is 30.7 Å². The van der Waals surface area contributed by atoms with Crippen LogP contribution in [0, 0.1) is 6.92 Å². The second-order valence-electron chi connectivity index (χ2n) is 3.23. The van der Waals surface area contributed by atoms with Gasteiger partial charge in [0.1, 0.15) is 12.4 Å². The first-order valence-corrected chi connectivity index (χ1v) is 4.64. The van der Waals surface area contributed by atoms with Crippen LogP contribution in [0.4, 0.5) is 8.78 Å². The minimum absolute atomic E-state index is 0.237. The molecule has 3 nitrogen and oxygen atoms in total. The van der Waals surface area contributed by atoms with E-state index in [4.69, 9.17) is 4.74 Å². The van der Waals surface area contributed by atoms with Gasteiger partial charge in [0, 0.05) is 0 Å². The lowest BCUT2D eigenvalue weighted by atomic mass is 10.1. The van der Waals surface area contributed by atoms with Gasteiger partial charge < -0.3 is 9.47 Å². The molecule has 1 rings (SSSR count). The fourth-order valence-electron chi connectivity index (χ4n) is 1.23. The van der Waals surface area contributed by atoms with Crippen LogP contribution in [0.3, 0.4) is 0 Å². The summed E-state index contributed by atoms with van der Waals surface area (Å²) in [6.45, 7) is 1.05. The molecule has 0 fully saturated rings. The molecule has 0 atom stereocenters. The molecule has 0 unspecified atom stereocenters. The Bertz CT molecular complexity index is 377. The third-order valence-corrected chi connectivity index (χ3v) is 1.85. The van der Waals surface area contributed by atoms with Crippen LogP contribution in [0.15, 0.2) is 18.2 Å². The predicted molar refractivity (Wildman–Crippen MR) is 54.0 cm³/mol. The topological polar surface area (TPSA) is 35.5 Å². The molecule has 0 radical (unpaired) electrons. The van der Waals surface area contributed by atoms with Crippen molar-refractivity contribution in [1.29, 1.82) is 0 Å². The summed E-state index contributed by atoms with van der Waals surface area (Å²) >= 11 is 0. The highest BCUT2D eigenvalue weighted by Crippen LogP contribution is 2.18. The Balaban J connectivity index is 2.85. The molecule has 0 aliphatic heterocycles. The van der Waals surface area contributed by atoms with Gasteiger partial charge in [0.15, 0.2) is 0 Å². The van der Waals surface area contributed by atoms with Crippen molar-refractivity contribution < 1.29 is 23.0 Å². The predicted octanol–water partition coefficient (Wildman–Crippen LogP) is 2.43. The van der Waals surface area contributed by atoms with Crippen molar-refractivity contribution in [3.05, 3.63) is 29.3 Å². The maximum Gasteiger partial charge on any atom is 0.337 e. The largest absolute Gasteiger partial charge is 0.488 e. The molecule has 16 heavy (non-hydrogen) atoms. The molecule has 0 aromatic heterocycles. The van der Waals surface area contributed by atoms with Gasteiger partial charge in [0.2, 0.25) is 0 Å². The Morgan fingerprint density at radius 1 is 1.38 bits per heavy atom. The van der Waals surface area contributed by atoms with Gasteiger partial charge in [0.05, 0.1) is 12.7 Å². The molecular formula is C11H12F2O3. The van der Waals surface area contributed by atoms with Crippen molar-refractivity contribution in [3.8, 4) is 5.75 Å². The van der Waals surface area contributed by atoms with Crippen molar-refractivity contribution in [3.63, 3.8) is 0 Å². The number of rotatable bonds is 4. The lowest BCUT2D eigenvalue weighted by Crippen LogP contribution is -2.08. The van der Waals surface area contributed by atoms with Gasteiger partial charge in [-0.15, -0.1) is 0 Å². The van der Waals surface area contributed by atoms with Crippen molar-refractivity contribution in [1.82, 2.24) is 0 Å². The zero-order valence-corrected chi connectivity index (χ0v) is 9.00. The maximum atomic E-state index is 11.9. The van der Waals surface area contributed by atoms with E-state index in [0.29, 0.717) is 0 Å². The molecule has 0 amide bonds. The van der Waals surface area contributed by atoms with E-state index in [0.717, 1.165) is 5.56 Å². The van der Waals surface area contributed by atoms with E-state index in [9.17, 15) is 13.6 Å². The number of benzene rings is 1. The van der Waals surface area contributed by atoms with Gasteiger partial charge in [-0.1, -0.05) is 0 Å². The van der Waals surface area contributed by atoms with Gasteiger partial charge in [-0.25, -0.2) is 13.6 Å². The quantitative estimate of drug-likeness (QED) is 0.745. The van der Waals surface area contributed by atoms with Crippen LogP contribution in [-0.2, 0) is 4.74 Å². The first-order valence-electron chi connectivity index (χ1n) is 4.64. The monoisotopic (exact) mass is 230 g/mol. The number of halogens is 2. The fraction of sp³-hybridized carbons (Fsp3) is 0.364. The summed E-state index contributed by atoms with van der Waals surface area (Å²) in [6.07, 6.45) is -2.54. The molecule has 0 bridgehead atoms. The van der Waals surface area contributed by atoms with Crippen LogP contribution in [0.1, 0.15) is 15.9 Å². The number of ether oxygens (including phenoxy) is 2. The average Bonchev–Trinajstić information content (AvgIpc) is 2.24. The zero-order valence-electron chi connectivity index (χ0n) is 9.00. The van der Waals surface area contributed by atoms with Crippen LogP contribution < -0.4 is 4.74 Å². The molecule has 0 saturated heterocycles.